The second kappa shape index (κ2) is 8.47. The maximum absolute atomic E-state index is 13.0. The standard InChI is InChI=1S/C25H23BrN4O/c1-15-5-8-19(9-6-15)24-28-23(25(31)27-22-12-10-20(26)13-18(22)4)29-30(24)21-11-7-16(2)17(3)14-21/h5-14H,1-4H3,(H,27,31). The maximum Gasteiger partial charge on any atom is 0.295 e. The van der Waals surface area contributed by atoms with Crippen molar-refractivity contribution < 1.29 is 4.79 Å². The molecule has 4 rings (SSSR count). The SMILES string of the molecule is Cc1ccc(-c2nc(C(=O)Nc3ccc(Br)cc3C)nn2-c2ccc(C)c(C)c2)cc1. The summed E-state index contributed by atoms with van der Waals surface area (Å²) in [4.78, 5) is 17.6. The van der Waals surface area contributed by atoms with Gasteiger partial charge in [0.15, 0.2) is 5.82 Å². The summed E-state index contributed by atoms with van der Waals surface area (Å²) in [7, 11) is 0. The van der Waals surface area contributed by atoms with Crippen molar-refractivity contribution in [1.29, 1.82) is 0 Å². The topological polar surface area (TPSA) is 59.8 Å². The van der Waals surface area contributed by atoms with Gasteiger partial charge >= 0.3 is 0 Å². The van der Waals surface area contributed by atoms with E-state index in [2.05, 4.69) is 57.3 Å². The Bertz CT molecular complexity index is 1280. The van der Waals surface area contributed by atoms with E-state index in [1.807, 2.05) is 62.4 Å². The van der Waals surface area contributed by atoms with E-state index in [1.165, 1.54) is 5.56 Å². The Balaban J connectivity index is 1.77. The number of aromatic nitrogens is 3. The fraction of sp³-hybridized carbons (Fsp3) is 0.160. The van der Waals surface area contributed by atoms with Crippen molar-refractivity contribution in [3.8, 4) is 17.1 Å². The molecule has 0 radical (unpaired) electrons. The fourth-order valence-electron chi connectivity index (χ4n) is 3.28. The zero-order chi connectivity index (χ0) is 22.1. The smallest absolute Gasteiger partial charge is 0.295 e. The highest BCUT2D eigenvalue weighted by atomic mass is 79.9. The van der Waals surface area contributed by atoms with Gasteiger partial charge in [0.1, 0.15) is 0 Å². The Labute approximate surface area is 190 Å². The average molecular weight is 475 g/mol. The van der Waals surface area contributed by atoms with E-state index < -0.39 is 0 Å². The molecule has 156 valence electrons. The molecular formula is C25H23BrN4O. The number of nitrogens with zero attached hydrogens (tertiary/aromatic N) is 3. The van der Waals surface area contributed by atoms with Gasteiger partial charge in [0.05, 0.1) is 5.69 Å². The van der Waals surface area contributed by atoms with Gasteiger partial charge in [0.2, 0.25) is 5.82 Å². The van der Waals surface area contributed by atoms with Gasteiger partial charge in [-0.2, -0.15) is 0 Å². The van der Waals surface area contributed by atoms with Crippen LogP contribution in [0.2, 0.25) is 0 Å². The van der Waals surface area contributed by atoms with E-state index >= 15 is 0 Å². The molecule has 0 atom stereocenters. The van der Waals surface area contributed by atoms with Crippen LogP contribution in [0.25, 0.3) is 17.1 Å². The second-order valence-corrected chi connectivity index (χ2v) is 8.63. The van der Waals surface area contributed by atoms with Gasteiger partial charge in [-0.05, 0) is 74.7 Å². The molecule has 0 unspecified atom stereocenters. The summed E-state index contributed by atoms with van der Waals surface area (Å²) in [6, 6.07) is 19.9. The molecule has 6 heteroatoms. The minimum Gasteiger partial charge on any atom is -0.319 e. The van der Waals surface area contributed by atoms with Gasteiger partial charge in [0, 0.05) is 15.7 Å². The van der Waals surface area contributed by atoms with E-state index in [0.717, 1.165) is 38.1 Å². The number of halogens is 1. The molecule has 0 spiro atoms. The minimum atomic E-state index is -0.346. The first-order valence-electron chi connectivity index (χ1n) is 10.0. The molecule has 31 heavy (non-hydrogen) atoms. The van der Waals surface area contributed by atoms with Crippen LogP contribution in [0.3, 0.4) is 0 Å². The van der Waals surface area contributed by atoms with Crippen molar-refractivity contribution in [2.75, 3.05) is 5.32 Å². The summed E-state index contributed by atoms with van der Waals surface area (Å²) >= 11 is 3.45. The highest BCUT2D eigenvalue weighted by Gasteiger charge is 2.20. The highest BCUT2D eigenvalue weighted by molar-refractivity contribution is 9.10. The van der Waals surface area contributed by atoms with Crippen molar-refractivity contribution in [1.82, 2.24) is 14.8 Å². The third-order valence-corrected chi connectivity index (χ3v) is 5.78. The molecule has 0 aliphatic rings. The lowest BCUT2D eigenvalue weighted by Crippen LogP contribution is -2.15. The summed E-state index contributed by atoms with van der Waals surface area (Å²) in [5.41, 5.74) is 6.95. The molecule has 4 aromatic rings. The number of rotatable bonds is 4. The first-order valence-corrected chi connectivity index (χ1v) is 10.8. The number of carbonyl (C=O) groups excluding carboxylic acids is 1. The van der Waals surface area contributed by atoms with Crippen LogP contribution in [0.5, 0.6) is 0 Å². The molecule has 1 N–H and O–H groups in total. The summed E-state index contributed by atoms with van der Waals surface area (Å²) in [6.45, 7) is 8.11. The number of carbonyl (C=O) groups is 1. The number of nitrogens with one attached hydrogen (secondary N) is 1. The number of hydrogen-bond acceptors (Lipinski definition) is 3. The second-order valence-electron chi connectivity index (χ2n) is 7.72. The molecule has 0 fully saturated rings. The van der Waals surface area contributed by atoms with Crippen LogP contribution in [-0.2, 0) is 0 Å². The van der Waals surface area contributed by atoms with Crippen LogP contribution in [0.1, 0.15) is 32.9 Å². The zero-order valence-corrected chi connectivity index (χ0v) is 19.5. The van der Waals surface area contributed by atoms with Crippen LogP contribution >= 0.6 is 15.9 Å². The van der Waals surface area contributed by atoms with Crippen LogP contribution in [0.15, 0.2) is 65.1 Å². The molecule has 5 nitrogen and oxygen atoms in total. The van der Waals surface area contributed by atoms with Crippen LogP contribution < -0.4 is 5.32 Å². The Morgan fingerprint density at radius 2 is 1.61 bits per heavy atom. The van der Waals surface area contributed by atoms with Gasteiger partial charge in [-0.3, -0.25) is 4.79 Å². The minimum absolute atomic E-state index is 0.121. The molecule has 3 aromatic carbocycles. The van der Waals surface area contributed by atoms with Crippen LogP contribution in [-0.4, -0.2) is 20.7 Å². The molecular weight excluding hydrogens is 452 g/mol. The van der Waals surface area contributed by atoms with Crippen molar-refractivity contribution in [3.63, 3.8) is 0 Å². The Kier molecular flexibility index (Phi) is 5.74. The number of hydrogen-bond donors (Lipinski definition) is 1. The van der Waals surface area contributed by atoms with Gasteiger partial charge in [0.25, 0.3) is 5.91 Å². The highest BCUT2D eigenvalue weighted by Crippen LogP contribution is 2.24. The summed E-state index contributed by atoms with van der Waals surface area (Å²) in [5, 5.41) is 7.51. The molecule has 1 aromatic heterocycles. The average Bonchev–Trinajstić information content (AvgIpc) is 3.18. The molecule has 0 saturated carbocycles. The maximum atomic E-state index is 13.0. The third kappa shape index (κ3) is 4.44. The molecule has 1 heterocycles. The lowest BCUT2D eigenvalue weighted by atomic mass is 10.1. The number of benzene rings is 3. The lowest BCUT2D eigenvalue weighted by Gasteiger charge is -2.08. The predicted octanol–water partition coefficient (Wildman–Crippen LogP) is 6.18. The predicted molar refractivity (Wildman–Crippen MR) is 128 cm³/mol. The van der Waals surface area contributed by atoms with E-state index in [0.29, 0.717) is 5.82 Å². The number of anilines is 1. The summed E-state index contributed by atoms with van der Waals surface area (Å²) in [6.07, 6.45) is 0. The van der Waals surface area contributed by atoms with Crippen molar-refractivity contribution in [2.24, 2.45) is 0 Å². The van der Waals surface area contributed by atoms with Crippen molar-refractivity contribution in [2.45, 2.75) is 27.7 Å². The van der Waals surface area contributed by atoms with Gasteiger partial charge in [-0.1, -0.05) is 51.8 Å². The molecule has 0 aliphatic heterocycles. The quantitative estimate of drug-likeness (QED) is 0.383. The summed E-state index contributed by atoms with van der Waals surface area (Å²) in [5.74, 6) is 0.401. The van der Waals surface area contributed by atoms with E-state index in [-0.39, 0.29) is 11.7 Å². The molecule has 0 bridgehead atoms. The first kappa shape index (κ1) is 21.0. The Hall–Kier alpha value is -3.25. The van der Waals surface area contributed by atoms with Crippen LogP contribution in [0.4, 0.5) is 5.69 Å². The zero-order valence-electron chi connectivity index (χ0n) is 17.9. The van der Waals surface area contributed by atoms with Crippen molar-refractivity contribution >= 4 is 27.5 Å². The molecule has 0 aliphatic carbocycles. The van der Waals surface area contributed by atoms with Gasteiger partial charge in [-0.15, -0.1) is 5.10 Å². The Morgan fingerprint density at radius 3 is 2.29 bits per heavy atom. The fourth-order valence-corrected chi connectivity index (χ4v) is 3.76. The van der Waals surface area contributed by atoms with Gasteiger partial charge < -0.3 is 5.32 Å². The monoisotopic (exact) mass is 474 g/mol. The largest absolute Gasteiger partial charge is 0.319 e. The van der Waals surface area contributed by atoms with E-state index in [1.54, 1.807) is 4.68 Å². The van der Waals surface area contributed by atoms with E-state index in [9.17, 15) is 4.79 Å². The number of aryl methyl sites for hydroxylation is 4. The lowest BCUT2D eigenvalue weighted by molar-refractivity contribution is 0.101. The molecule has 1 amide bonds. The van der Waals surface area contributed by atoms with Crippen molar-refractivity contribution in [3.05, 3.63) is 93.2 Å². The third-order valence-electron chi connectivity index (χ3n) is 5.29. The summed E-state index contributed by atoms with van der Waals surface area (Å²) < 4.78 is 2.70. The normalized spacial score (nSPS) is 10.9. The van der Waals surface area contributed by atoms with Crippen LogP contribution in [0, 0.1) is 27.7 Å². The first-order chi connectivity index (χ1) is 14.8. The Morgan fingerprint density at radius 1 is 0.871 bits per heavy atom. The number of amides is 1. The molecule has 0 saturated heterocycles. The van der Waals surface area contributed by atoms with Gasteiger partial charge in [-0.25, -0.2) is 9.67 Å². The van der Waals surface area contributed by atoms with E-state index in [4.69, 9.17) is 0 Å².